The van der Waals surface area contributed by atoms with Crippen LogP contribution in [0.15, 0.2) is 10.9 Å². The van der Waals surface area contributed by atoms with Gasteiger partial charge in [0.25, 0.3) is 0 Å². The Bertz CT molecular complexity index is 477. The SMILES string of the molecule is CC1CC(C(=O)O)CCN1C(=O)N(C)Cc1cscn1. The lowest BCUT2D eigenvalue weighted by Crippen LogP contribution is -2.50. The van der Waals surface area contributed by atoms with Crippen LogP contribution in [-0.2, 0) is 11.3 Å². The summed E-state index contributed by atoms with van der Waals surface area (Å²) in [5, 5.41) is 11.0. The Morgan fingerprint density at radius 1 is 1.60 bits per heavy atom. The van der Waals surface area contributed by atoms with Gasteiger partial charge in [-0.1, -0.05) is 0 Å². The van der Waals surface area contributed by atoms with Gasteiger partial charge < -0.3 is 14.9 Å². The van der Waals surface area contributed by atoms with E-state index in [0.717, 1.165) is 5.69 Å². The van der Waals surface area contributed by atoms with Crippen LogP contribution < -0.4 is 0 Å². The fourth-order valence-electron chi connectivity index (χ4n) is 2.53. The Labute approximate surface area is 122 Å². The second-order valence-electron chi connectivity index (χ2n) is 5.22. The first kappa shape index (κ1) is 14.8. The van der Waals surface area contributed by atoms with E-state index in [0.29, 0.717) is 25.9 Å². The molecule has 2 unspecified atom stereocenters. The predicted octanol–water partition coefficient (Wildman–Crippen LogP) is 1.88. The van der Waals surface area contributed by atoms with Gasteiger partial charge in [0, 0.05) is 25.0 Å². The van der Waals surface area contributed by atoms with E-state index in [1.165, 1.54) is 11.3 Å². The van der Waals surface area contributed by atoms with Crippen LogP contribution in [-0.4, -0.2) is 51.5 Å². The minimum absolute atomic E-state index is 0.0461. The van der Waals surface area contributed by atoms with E-state index in [4.69, 9.17) is 5.11 Å². The summed E-state index contributed by atoms with van der Waals surface area (Å²) in [6.45, 7) is 2.88. The second kappa shape index (κ2) is 6.21. The van der Waals surface area contributed by atoms with E-state index < -0.39 is 5.97 Å². The number of likely N-dealkylation sites (tertiary alicyclic amines) is 1. The number of carbonyl (C=O) groups is 2. The van der Waals surface area contributed by atoms with Crippen LogP contribution in [0.5, 0.6) is 0 Å². The number of piperidine rings is 1. The monoisotopic (exact) mass is 297 g/mol. The summed E-state index contributed by atoms with van der Waals surface area (Å²) in [5.74, 6) is -1.10. The molecule has 1 N–H and O–H groups in total. The fourth-order valence-corrected chi connectivity index (χ4v) is 3.08. The molecule has 7 heteroatoms. The van der Waals surface area contributed by atoms with E-state index in [9.17, 15) is 9.59 Å². The lowest BCUT2D eigenvalue weighted by atomic mass is 9.92. The zero-order valence-corrected chi connectivity index (χ0v) is 12.5. The number of carboxylic acids is 1. The van der Waals surface area contributed by atoms with Crippen molar-refractivity contribution in [3.8, 4) is 0 Å². The van der Waals surface area contributed by atoms with Gasteiger partial charge >= 0.3 is 12.0 Å². The molecule has 110 valence electrons. The van der Waals surface area contributed by atoms with E-state index in [1.54, 1.807) is 22.4 Å². The Hall–Kier alpha value is -1.63. The molecule has 0 aliphatic carbocycles. The summed E-state index contributed by atoms with van der Waals surface area (Å²) in [6, 6.07) is -0.107. The minimum Gasteiger partial charge on any atom is -0.481 e. The van der Waals surface area contributed by atoms with Crippen molar-refractivity contribution < 1.29 is 14.7 Å². The molecule has 1 fully saturated rings. The highest BCUT2D eigenvalue weighted by atomic mass is 32.1. The van der Waals surface area contributed by atoms with Gasteiger partial charge in [-0.05, 0) is 19.8 Å². The summed E-state index contributed by atoms with van der Waals surface area (Å²) in [6.07, 6.45) is 1.04. The maximum atomic E-state index is 12.4. The number of amides is 2. The zero-order valence-electron chi connectivity index (χ0n) is 11.7. The van der Waals surface area contributed by atoms with Gasteiger partial charge in [0.15, 0.2) is 0 Å². The second-order valence-corrected chi connectivity index (χ2v) is 5.94. The third-order valence-corrected chi connectivity index (χ3v) is 4.32. The van der Waals surface area contributed by atoms with Crippen molar-refractivity contribution in [1.29, 1.82) is 0 Å². The molecular weight excluding hydrogens is 278 g/mol. The molecule has 2 atom stereocenters. The highest BCUT2D eigenvalue weighted by Crippen LogP contribution is 2.24. The highest BCUT2D eigenvalue weighted by Gasteiger charge is 2.33. The number of rotatable bonds is 3. The van der Waals surface area contributed by atoms with Crippen LogP contribution in [0.2, 0.25) is 0 Å². The molecule has 20 heavy (non-hydrogen) atoms. The van der Waals surface area contributed by atoms with E-state index in [-0.39, 0.29) is 18.0 Å². The third-order valence-electron chi connectivity index (χ3n) is 3.68. The lowest BCUT2D eigenvalue weighted by molar-refractivity contribution is -0.143. The first-order chi connectivity index (χ1) is 9.49. The smallest absolute Gasteiger partial charge is 0.320 e. The molecule has 1 aromatic heterocycles. The van der Waals surface area contributed by atoms with Gasteiger partial charge in [0.1, 0.15) is 0 Å². The first-order valence-corrected chi connectivity index (χ1v) is 7.55. The lowest BCUT2D eigenvalue weighted by Gasteiger charge is -2.38. The number of aliphatic carboxylic acids is 1. The predicted molar refractivity (Wildman–Crippen MR) is 75.5 cm³/mol. The Morgan fingerprint density at radius 3 is 2.90 bits per heavy atom. The van der Waals surface area contributed by atoms with Gasteiger partial charge in [-0.3, -0.25) is 4.79 Å². The van der Waals surface area contributed by atoms with Gasteiger partial charge in [0.2, 0.25) is 0 Å². The van der Waals surface area contributed by atoms with E-state index >= 15 is 0 Å². The number of carbonyl (C=O) groups excluding carboxylic acids is 1. The molecule has 0 saturated carbocycles. The van der Waals surface area contributed by atoms with E-state index in [1.807, 2.05) is 12.3 Å². The van der Waals surface area contributed by atoms with Crippen LogP contribution in [0.3, 0.4) is 0 Å². The number of nitrogens with zero attached hydrogens (tertiary/aromatic N) is 3. The zero-order chi connectivity index (χ0) is 14.7. The van der Waals surface area contributed by atoms with Gasteiger partial charge in [-0.25, -0.2) is 9.78 Å². The molecule has 1 aliphatic rings. The van der Waals surface area contributed by atoms with Crippen molar-refractivity contribution in [1.82, 2.24) is 14.8 Å². The third kappa shape index (κ3) is 3.27. The van der Waals surface area contributed by atoms with Crippen LogP contribution in [0.4, 0.5) is 4.79 Å². The molecule has 6 nitrogen and oxygen atoms in total. The van der Waals surface area contributed by atoms with E-state index in [2.05, 4.69) is 4.98 Å². The van der Waals surface area contributed by atoms with Crippen LogP contribution >= 0.6 is 11.3 Å². The number of urea groups is 1. The number of hydrogen-bond acceptors (Lipinski definition) is 4. The van der Waals surface area contributed by atoms with Crippen molar-refractivity contribution in [3.05, 3.63) is 16.6 Å². The molecule has 1 aliphatic heterocycles. The Balaban J connectivity index is 1.94. The molecule has 2 amide bonds. The van der Waals surface area contributed by atoms with Crippen LogP contribution in [0.25, 0.3) is 0 Å². The highest BCUT2D eigenvalue weighted by molar-refractivity contribution is 7.07. The topological polar surface area (TPSA) is 73.7 Å². The summed E-state index contributed by atoms with van der Waals surface area (Å²) in [5.41, 5.74) is 2.62. The normalized spacial score (nSPS) is 22.6. The number of thiazole rings is 1. The average Bonchev–Trinajstić information content (AvgIpc) is 2.90. The van der Waals surface area contributed by atoms with Crippen molar-refractivity contribution in [2.75, 3.05) is 13.6 Å². The molecule has 2 rings (SSSR count). The average molecular weight is 297 g/mol. The maximum absolute atomic E-state index is 12.4. The van der Waals surface area contributed by atoms with Crippen molar-refractivity contribution >= 4 is 23.3 Å². The molecule has 1 aromatic rings. The molecule has 1 saturated heterocycles. The Morgan fingerprint density at radius 2 is 2.35 bits per heavy atom. The summed E-state index contributed by atoms with van der Waals surface area (Å²) in [7, 11) is 1.75. The van der Waals surface area contributed by atoms with Crippen molar-refractivity contribution in [2.24, 2.45) is 5.92 Å². The van der Waals surface area contributed by atoms with Gasteiger partial charge in [-0.15, -0.1) is 11.3 Å². The summed E-state index contributed by atoms with van der Waals surface area (Å²) in [4.78, 5) is 30.9. The van der Waals surface area contributed by atoms with Gasteiger partial charge in [0.05, 0.1) is 23.7 Å². The molecule has 0 radical (unpaired) electrons. The molecule has 0 bridgehead atoms. The standard InChI is InChI=1S/C13H19N3O3S/c1-9-5-10(12(17)18)3-4-16(9)13(19)15(2)6-11-7-20-8-14-11/h7-10H,3-6H2,1-2H3,(H,17,18). The number of carboxylic acid groups (broad SMARTS) is 1. The van der Waals surface area contributed by atoms with Gasteiger partial charge in [-0.2, -0.15) is 0 Å². The molecule has 0 spiro atoms. The summed E-state index contributed by atoms with van der Waals surface area (Å²) < 4.78 is 0. The van der Waals surface area contributed by atoms with Crippen LogP contribution in [0, 0.1) is 5.92 Å². The first-order valence-electron chi connectivity index (χ1n) is 6.60. The minimum atomic E-state index is -0.764. The number of aromatic nitrogens is 1. The van der Waals surface area contributed by atoms with Crippen molar-refractivity contribution in [3.63, 3.8) is 0 Å². The fraction of sp³-hybridized carbons (Fsp3) is 0.615. The quantitative estimate of drug-likeness (QED) is 0.924. The summed E-state index contributed by atoms with van der Waals surface area (Å²) >= 11 is 1.50. The molecule has 0 aromatic carbocycles. The maximum Gasteiger partial charge on any atom is 0.320 e. The molecular formula is C13H19N3O3S. The largest absolute Gasteiger partial charge is 0.481 e. The van der Waals surface area contributed by atoms with Crippen molar-refractivity contribution in [2.45, 2.75) is 32.4 Å². The Kier molecular flexibility index (Phi) is 4.59. The number of hydrogen-bond donors (Lipinski definition) is 1. The molecule has 2 heterocycles. The van der Waals surface area contributed by atoms with Crippen LogP contribution in [0.1, 0.15) is 25.5 Å².